The summed E-state index contributed by atoms with van der Waals surface area (Å²) in [7, 11) is 0. The van der Waals surface area contributed by atoms with Crippen molar-refractivity contribution in [3.8, 4) is 0 Å². The Morgan fingerprint density at radius 1 is 1.19 bits per heavy atom. The molecule has 0 radical (unpaired) electrons. The van der Waals surface area contributed by atoms with Gasteiger partial charge in [0.1, 0.15) is 6.04 Å². The number of ether oxygens (including phenoxy) is 1. The fourth-order valence-electron chi connectivity index (χ4n) is 3.97. The van der Waals surface area contributed by atoms with Crippen molar-refractivity contribution < 1.29 is 19.1 Å². The Morgan fingerprint density at radius 3 is 2.65 bits per heavy atom. The van der Waals surface area contributed by atoms with E-state index in [0.717, 1.165) is 49.8 Å². The molecule has 1 heterocycles. The van der Waals surface area contributed by atoms with Gasteiger partial charge >= 0.3 is 5.97 Å². The largest absolute Gasteiger partial charge is 0.454 e. The predicted molar refractivity (Wildman–Crippen MR) is 97.6 cm³/mol. The second kappa shape index (κ2) is 8.34. The van der Waals surface area contributed by atoms with Gasteiger partial charge in [0, 0.05) is 19.2 Å². The van der Waals surface area contributed by atoms with Gasteiger partial charge in [-0.3, -0.25) is 9.59 Å². The lowest BCUT2D eigenvalue weighted by Crippen LogP contribution is -2.46. The fraction of sp³-hybridized carbons (Fsp3) is 0.550. The number of hydrogen-bond donors (Lipinski definition) is 1. The van der Waals surface area contributed by atoms with Crippen LogP contribution in [0.1, 0.15) is 44.6 Å². The molecule has 0 aromatic heterocycles. The van der Waals surface area contributed by atoms with Crippen molar-refractivity contribution in [1.82, 2.24) is 5.32 Å². The molecule has 26 heavy (non-hydrogen) atoms. The summed E-state index contributed by atoms with van der Waals surface area (Å²) in [5.41, 5.74) is 2.04. The number of anilines is 1. The Hall–Kier alpha value is -2.37. The quantitative estimate of drug-likeness (QED) is 0.819. The highest BCUT2D eigenvalue weighted by Crippen LogP contribution is 2.29. The Labute approximate surface area is 153 Å². The number of carbonyl (C=O) groups excluding carboxylic acids is 3. The van der Waals surface area contributed by atoms with Crippen LogP contribution in [-0.2, 0) is 25.5 Å². The van der Waals surface area contributed by atoms with E-state index in [-0.39, 0.29) is 24.3 Å². The lowest BCUT2D eigenvalue weighted by atomic mass is 9.98. The van der Waals surface area contributed by atoms with E-state index in [1.807, 2.05) is 24.3 Å². The Bertz CT molecular complexity index is 682. The summed E-state index contributed by atoms with van der Waals surface area (Å²) in [5.74, 6) is -0.892. The molecule has 1 aliphatic heterocycles. The molecule has 1 aromatic carbocycles. The Balaban J connectivity index is 1.61. The number of nitrogens with zero attached hydrogens (tertiary/aromatic N) is 1. The molecule has 1 saturated carbocycles. The molecule has 6 heteroatoms. The van der Waals surface area contributed by atoms with Crippen LogP contribution in [-0.4, -0.2) is 37.0 Å². The number of benzene rings is 1. The highest BCUT2D eigenvalue weighted by Gasteiger charge is 2.33. The van der Waals surface area contributed by atoms with Gasteiger partial charge in [-0.05, 0) is 43.2 Å². The third kappa shape index (κ3) is 4.23. The summed E-state index contributed by atoms with van der Waals surface area (Å²) in [5, 5.41) is 2.70. The van der Waals surface area contributed by atoms with Gasteiger partial charge in [-0.15, -0.1) is 0 Å². The summed E-state index contributed by atoms with van der Waals surface area (Å²) >= 11 is 0. The van der Waals surface area contributed by atoms with Crippen molar-refractivity contribution in [3.63, 3.8) is 0 Å². The van der Waals surface area contributed by atoms with E-state index >= 15 is 0 Å². The van der Waals surface area contributed by atoms with E-state index in [4.69, 9.17) is 4.74 Å². The first kappa shape index (κ1) is 18.4. The van der Waals surface area contributed by atoms with Crippen LogP contribution in [0.2, 0.25) is 0 Å². The number of amides is 2. The number of hydrogen-bond acceptors (Lipinski definition) is 4. The SMILES string of the molecule is CC(=O)NC(C(=O)OCC(=O)N1CCCc2ccccc21)C1CCCC1. The molecule has 6 nitrogen and oxygen atoms in total. The molecule has 0 bridgehead atoms. The van der Waals surface area contributed by atoms with Crippen molar-refractivity contribution in [1.29, 1.82) is 0 Å². The molecule has 1 unspecified atom stereocenters. The van der Waals surface area contributed by atoms with Crippen LogP contribution >= 0.6 is 0 Å². The third-order valence-corrected chi connectivity index (χ3v) is 5.23. The first-order valence-corrected chi connectivity index (χ1v) is 9.38. The Morgan fingerprint density at radius 2 is 1.92 bits per heavy atom. The van der Waals surface area contributed by atoms with Gasteiger partial charge in [0.15, 0.2) is 6.61 Å². The van der Waals surface area contributed by atoms with Crippen molar-refractivity contribution in [2.45, 2.75) is 51.5 Å². The predicted octanol–water partition coefficient (Wildman–Crippen LogP) is 2.20. The average molecular weight is 358 g/mol. The summed E-state index contributed by atoms with van der Waals surface area (Å²) < 4.78 is 5.30. The molecule has 3 rings (SSSR count). The second-order valence-corrected chi connectivity index (χ2v) is 7.11. The van der Waals surface area contributed by atoms with E-state index in [0.29, 0.717) is 6.54 Å². The average Bonchev–Trinajstić information content (AvgIpc) is 3.17. The van der Waals surface area contributed by atoms with Gasteiger partial charge < -0.3 is 15.0 Å². The number of rotatable bonds is 5. The van der Waals surface area contributed by atoms with Crippen molar-refractivity contribution in [2.24, 2.45) is 5.92 Å². The molecule has 0 saturated heterocycles. The summed E-state index contributed by atoms with van der Waals surface area (Å²) in [6, 6.07) is 7.16. The number of fused-ring (bicyclic) bond motifs is 1. The van der Waals surface area contributed by atoms with Crippen molar-refractivity contribution in [3.05, 3.63) is 29.8 Å². The van der Waals surface area contributed by atoms with Crippen LogP contribution in [0.4, 0.5) is 5.69 Å². The molecular formula is C20H26N2O4. The molecule has 140 valence electrons. The minimum atomic E-state index is -0.656. The number of aryl methyl sites for hydroxylation is 1. The zero-order valence-corrected chi connectivity index (χ0v) is 15.2. The third-order valence-electron chi connectivity index (χ3n) is 5.23. The smallest absolute Gasteiger partial charge is 0.329 e. The minimum absolute atomic E-state index is 0.0946. The second-order valence-electron chi connectivity index (χ2n) is 7.11. The van der Waals surface area contributed by atoms with Crippen LogP contribution in [0.25, 0.3) is 0 Å². The van der Waals surface area contributed by atoms with Gasteiger partial charge in [0.25, 0.3) is 5.91 Å². The fourth-order valence-corrected chi connectivity index (χ4v) is 3.97. The van der Waals surface area contributed by atoms with E-state index < -0.39 is 12.0 Å². The molecule has 1 aliphatic carbocycles. The van der Waals surface area contributed by atoms with Crippen LogP contribution in [0, 0.1) is 5.92 Å². The maximum Gasteiger partial charge on any atom is 0.329 e. The number of esters is 1. The van der Waals surface area contributed by atoms with Crippen LogP contribution in [0.3, 0.4) is 0 Å². The normalized spacial score (nSPS) is 18.1. The molecule has 0 spiro atoms. The van der Waals surface area contributed by atoms with Crippen LogP contribution in [0.15, 0.2) is 24.3 Å². The number of para-hydroxylation sites is 1. The number of carbonyl (C=O) groups is 3. The molecule has 1 atom stereocenters. The summed E-state index contributed by atoms with van der Waals surface area (Å²) in [6.45, 7) is 1.73. The van der Waals surface area contributed by atoms with Gasteiger partial charge in [0.05, 0.1) is 0 Å². The van der Waals surface area contributed by atoms with E-state index in [9.17, 15) is 14.4 Å². The van der Waals surface area contributed by atoms with Crippen LogP contribution < -0.4 is 10.2 Å². The van der Waals surface area contributed by atoms with E-state index in [2.05, 4.69) is 5.32 Å². The monoisotopic (exact) mass is 358 g/mol. The lowest BCUT2D eigenvalue weighted by Gasteiger charge is -2.29. The maximum absolute atomic E-state index is 12.6. The van der Waals surface area contributed by atoms with Gasteiger partial charge in [-0.2, -0.15) is 0 Å². The van der Waals surface area contributed by atoms with Gasteiger partial charge in [-0.25, -0.2) is 4.79 Å². The lowest BCUT2D eigenvalue weighted by molar-refractivity contribution is -0.152. The van der Waals surface area contributed by atoms with Crippen LogP contribution in [0.5, 0.6) is 0 Å². The van der Waals surface area contributed by atoms with E-state index in [1.165, 1.54) is 6.92 Å². The molecular weight excluding hydrogens is 332 g/mol. The topological polar surface area (TPSA) is 75.7 Å². The van der Waals surface area contributed by atoms with Gasteiger partial charge in [0.2, 0.25) is 5.91 Å². The summed E-state index contributed by atoms with van der Waals surface area (Å²) in [6.07, 6.45) is 5.75. The highest BCUT2D eigenvalue weighted by atomic mass is 16.5. The first-order valence-electron chi connectivity index (χ1n) is 9.38. The zero-order chi connectivity index (χ0) is 18.5. The van der Waals surface area contributed by atoms with Gasteiger partial charge in [-0.1, -0.05) is 31.0 Å². The Kier molecular flexibility index (Phi) is 5.91. The molecule has 2 aliphatic rings. The zero-order valence-electron chi connectivity index (χ0n) is 15.2. The minimum Gasteiger partial charge on any atom is -0.454 e. The van der Waals surface area contributed by atoms with E-state index in [1.54, 1.807) is 4.90 Å². The van der Waals surface area contributed by atoms with Crippen molar-refractivity contribution in [2.75, 3.05) is 18.1 Å². The highest BCUT2D eigenvalue weighted by molar-refractivity contribution is 5.96. The molecule has 1 N–H and O–H groups in total. The first-order chi connectivity index (χ1) is 12.6. The summed E-state index contributed by atoms with van der Waals surface area (Å²) in [4.78, 5) is 38.2. The molecule has 1 aromatic rings. The maximum atomic E-state index is 12.6. The molecule has 2 amide bonds. The molecule has 1 fully saturated rings. The standard InChI is InChI=1S/C20H26N2O4/c1-14(23)21-19(16-8-2-3-9-16)20(25)26-13-18(24)22-12-6-10-15-7-4-5-11-17(15)22/h4-5,7,11,16,19H,2-3,6,8-10,12-13H2,1H3,(H,21,23). The van der Waals surface area contributed by atoms with Crippen molar-refractivity contribution >= 4 is 23.5 Å². The number of nitrogens with one attached hydrogen (secondary N) is 1.